The van der Waals surface area contributed by atoms with Crippen molar-refractivity contribution in [2.75, 3.05) is 65.5 Å². The van der Waals surface area contributed by atoms with Crippen LogP contribution in [0.3, 0.4) is 0 Å². The number of hydrogen-bond donors (Lipinski definition) is 1. The summed E-state index contributed by atoms with van der Waals surface area (Å²) in [6.07, 6.45) is 4.56. The quantitative estimate of drug-likeness (QED) is 0.214. The van der Waals surface area contributed by atoms with Crippen LogP contribution in [0.25, 0.3) is 0 Å². The van der Waals surface area contributed by atoms with Crippen LogP contribution in [0.2, 0.25) is 0 Å². The normalized spacial score (nSPS) is 15.0. The van der Waals surface area contributed by atoms with Gasteiger partial charge in [0.25, 0.3) is 0 Å². The predicted octanol–water partition coefficient (Wildman–Crippen LogP) is 3.55. The van der Waals surface area contributed by atoms with Gasteiger partial charge in [0.2, 0.25) is 0 Å². The summed E-state index contributed by atoms with van der Waals surface area (Å²) in [5.74, 6) is 4.07. The molecule has 1 saturated heterocycles. The van der Waals surface area contributed by atoms with Gasteiger partial charge in [-0.25, -0.2) is 0 Å². The van der Waals surface area contributed by atoms with E-state index in [1.54, 1.807) is 14.2 Å². The van der Waals surface area contributed by atoms with Crippen molar-refractivity contribution in [3.8, 4) is 11.5 Å². The van der Waals surface area contributed by atoms with Crippen LogP contribution in [0.5, 0.6) is 11.5 Å². The molecule has 1 N–H and O–H groups in total. The molecule has 0 saturated carbocycles. The Bertz CT molecular complexity index is 610. The maximum atomic E-state index is 5.53. The monoisotopic (exact) mass is 536 g/mol. The van der Waals surface area contributed by atoms with Crippen LogP contribution in [0.15, 0.2) is 23.2 Å². The molecule has 1 aliphatic heterocycles. The van der Waals surface area contributed by atoms with Crippen LogP contribution < -0.4 is 14.8 Å². The Morgan fingerprint density at radius 3 is 2.52 bits per heavy atom. The Morgan fingerprint density at radius 2 is 1.90 bits per heavy atom. The SMILES string of the molecule is CCNC(=NCCCCSC)N1CCN(Cc2cc(OC)ccc2OC)CC1.I. The molecule has 0 aliphatic carbocycles. The van der Waals surface area contributed by atoms with Gasteiger partial charge in [0.1, 0.15) is 11.5 Å². The maximum absolute atomic E-state index is 5.53. The Morgan fingerprint density at radius 1 is 1.14 bits per heavy atom. The summed E-state index contributed by atoms with van der Waals surface area (Å²) in [5.41, 5.74) is 1.17. The third kappa shape index (κ3) is 8.80. The van der Waals surface area contributed by atoms with E-state index in [1.165, 1.54) is 17.7 Å². The number of guanidine groups is 1. The molecule has 2 rings (SSSR count). The van der Waals surface area contributed by atoms with E-state index < -0.39 is 0 Å². The van der Waals surface area contributed by atoms with Crippen LogP contribution in [-0.2, 0) is 6.54 Å². The number of nitrogens with zero attached hydrogens (tertiary/aromatic N) is 3. The van der Waals surface area contributed by atoms with E-state index >= 15 is 0 Å². The fourth-order valence-corrected chi connectivity index (χ4v) is 3.83. The maximum Gasteiger partial charge on any atom is 0.194 e. The van der Waals surface area contributed by atoms with Gasteiger partial charge < -0.3 is 19.7 Å². The zero-order valence-electron chi connectivity index (χ0n) is 18.3. The van der Waals surface area contributed by atoms with E-state index in [9.17, 15) is 0 Å². The number of ether oxygens (including phenoxy) is 2. The minimum atomic E-state index is 0. The first-order valence-corrected chi connectivity index (χ1v) is 11.6. The van der Waals surface area contributed by atoms with Crippen LogP contribution in [-0.4, -0.2) is 81.3 Å². The van der Waals surface area contributed by atoms with Crippen molar-refractivity contribution in [1.82, 2.24) is 15.1 Å². The molecule has 1 fully saturated rings. The van der Waals surface area contributed by atoms with Gasteiger partial charge in [-0.05, 0) is 50.0 Å². The molecule has 0 bridgehead atoms. The molecule has 29 heavy (non-hydrogen) atoms. The van der Waals surface area contributed by atoms with Crippen molar-refractivity contribution < 1.29 is 9.47 Å². The molecule has 1 heterocycles. The van der Waals surface area contributed by atoms with Gasteiger partial charge in [-0.2, -0.15) is 11.8 Å². The lowest BCUT2D eigenvalue weighted by Gasteiger charge is -2.36. The number of methoxy groups -OCH3 is 2. The van der Waals surface area contributed by atoms with Gasteiger partial charge in [0.15, 0.2) is 5.96 Å². The number of hydrogen-bond acceptors (Lipinski definition) is 5. The largest absolute Gasteiger partial charge is 0.497 e. The van der Waals surface area contributed by atoms with Gasteiger partial charge >= 0.3 is 0 Å². The topological polar surface area (TPSA) is 49.3 Å². The highest BCUT2D eigenvalue weighted by Gasteiger charge is 2.20. The van der Waals surface area contributed by atoms with Crippen LogP contribution in [0, 0.1) is 0 Å². The highest BCUT2D eigenvalue weighted by atomic mass is 127. The Labute approximate surface area is 197 Å². The van der Waals surface area contributed by atoms with E-state index in [0.717, 1.165) is 69.7 Å². The van der Waals surface area contributed by atoms with Gasteiger partial charge in [-0.3, -0.25) is 9.89 Å². The van der Waals surface area contributed by atoms with Gasteiger partial charge in [0, 0.05) is 51.4 Å². The van der Waals surface area contributed by atoms with E-state index in [0.29, 0.717) is 0 Å². The minimum absolute atomic E-state index is 0. The summed E-state index contributed by atoms with van der Waals surface area (Å²) >= 11 is 1.91. The van der Waals surface area contributed by atoms with Crippen molar-refractivity contribution in [2.45, 2.75) is 26.3 Å². The van der Waals surface area contributed by atoms with Crippen LogP contribution in [0.1, 0.15) is 25.3 Å². The molecule has 0 atom stereocenters. The Balaban J connectivity index is 0.00000420. The number of unbranched alkanes of at least 4 members (excludes halogenated alkanes) is 1. The zero-order valence-corrected chi connectivity index (χ0v) is 21.4. The first kappa shape index (κ1) is 26.2. The smallest absolute Gasteiger partial charge is 0.194 e. The average molecular weight is 537 g/mol. The molecule has 0 spiro atoms. The molecule has 0 aromatic heterocycles. The molecule has 166 valence electrons. The van der Waals surface area contributed by atoms with Gasteiger partial charge in [-0.1, -0.05) is 0 Å². The number of rotatable bonds is 10. The lowest BCUT2D eigenvalue weighted by Crippen LogP contribution is -2.52. The standard InChI is InChI=1S/C21H36N4O2S.HI/c1-5-22-21(23-10-6-7-15-28-4)25-13-11-24(12-14-25)17-18-16-19(26-2)8-9-20(18)27-3;/h8-9,16H,5-7,10-15,17H2,1-4H3,(H,22,23);1H. The van der Waals surface area contributed by atoms with Crippen molar-refractivity contribution >= 4 is 41.7 Å². The molecule has 8 heteroatoms. The predicted molar refractivity (Wildman–Crippen MR) is 135 cm³/mol. The van der Waals surface area contributed by atoms with E-state index in [1.807, 2.05) is 23.9 Å². The van der Waals surface area contributed by atoms with Crippen LogP contribution in [0.4, 0.5) is 0 Å². The van der Waals surface area contributed by atoms with E-state index in [4.69, 9.17) is 14.5 Å². The number of benzene rings is 1. The molecular formula is C21H37IN4O2S. The van der Waals surface area contributed by atoms with Crippen LogP contribution >= 0.6 is 35.7 Å². The Hall–Kier alpha value is -0.870. The highest BCUT2D eigenvalue weighted by Crippen LogP contribution is 2.25. The molecule has 1 aromatic carbocycles. The number of thioether (sulfide) groups is 1. The summed E-state index contributed by atoms with van der Waals surface area (Å²) in [6, 6.07) is 6.00. The number of aliphatic imine (C=N–C) groups is 1. The average Bonchev–Trinajstić information content (AvgIpc) is 2.73. The summed E-state index contributed by atoms with van der Waals surface area (Å²) in [4.78, 5) is 9.69. The molecule has 1 aromatic rings. The molecule has 0 radical (unpaired) electrons. The van der Waals surface area contributed by atoms with E-state index in [2.05, 4.69) is 34.4 Å². The molecule has 0 amide bonds. The van der Waals surface area contributed by atoms with Gasteiger partial charge in [-0.15, -0.1) is 24.0 Å². The first-order chi connectivity index (χ1) is 13.7. The lowest BCUT2D eigenvalue weighted by atomic mass is 10.1. The second-order valence-electron chi connectivity index (χ2n) is 6.88. The third-order valence-corrected chi connectivity index (χ3v) is 5.60. The summed E-state index contributed by atoms with van der Waals surface area (Å²) < 4.78 is 10.9. The zero-order chi connectivity index (χ0) is 20.2. The van der Waals surface area contributed by atoms with Gasteiger partial charge in [0.05, 0.1) is 14.2 Å². The molecular weight excluding hydrogens is 499 g/mol. The lowest BCUT2D eigenvalue weighted by molar-refractivity contribution is 0.171. The Kier molecular flexibility index (Phi) is 13.5. The van der Waals surface area contributed by atoms with Crippen molar-refractivity contribution in [3.63, 3.8) is 0 Å². The second kappa shape index (κ2) is 15.0. The van der Waals surface area contributed by atoms with Crippen molar-refractivity contribution in [2.24, 2.45) is 4.99 Å². The molecule has 6 nitrogen and oxygen atoms in total. The highest BCUT2D eigenvalue weighted by molar-refractivity contribution is 14.0. The van der Waals surface area contributed by atoms with Crippen molar-refractivity contribution in [3.05, 3.63) is 23.8 Å². The van der Waals surface area contributed by atoms with E-state index in [-0.39, 0.29) is 24.0 Å². The minimum Gasteiger partial charge on any atom is -0.497 e. The molecule has 0 unspecified atom stereocenters. The fraction of sp³-hybridized carbons (Fsp3) is 0.667. The second-order valence-corrected chi connectivity index (χ2v) is 7.86. The van der Waals surface area contributed by atoms with Crippen molar-refractivity contribution in [1.29, 1.82) is 0 Å². The first-order valence-electron chi connectivity index (χ1n) is 10.2. The molecule has 1 aliphatic rings. The third-order valence-electron chi connectivity index (χ3n) is 4.91. The number of halogens is 1. The number of piperazine rings is 1. The fourth-order valence-electron chi connectivity index (χ4n) is 3.33. The summed E-state index contributed by atoms with van der Waals surface area (Å²) in [6.45, 7) is 8.82. The summed E-state index contributed by atoms with van der Waals surface area (Å²) in [5, 5.41) is 3.46. The summed E-state index contributed by atoms with van der Waals surface area (Å²) in [7, 11) is 3.43. The number of nitrogens with one attached hydrogen (secondary N) is 1.